The lowest BCUT2D eigenvalue weighted by Crippen LogP contribution is -2.39. The third-order valence-electron chi connectivity index (χ3n) is 5.36. The number of carbonyl (C=O) groups excluding carboxylic acids is 1. The van der Waals surface area contributed by atoms with Crippen LogP contribution in [0.5, 0.6) is 0 Å². The predicted molar refractivity (Wildman–Crippen MR) is 88.2 cm³/mol. The quantitative estimate of drug-likeness (QED) is 0.749. The highest BCUT2D eigenvalue weighted by Gasteiger charge is 2.25. The lowest BCUT2D eigenvalue weighted by molar-refractivity contribution is -0.132. The molecule has 0 N–H and O–H groups in total. The van der Waals surface area contributed by atoms with E-state index in [1.54, 1.807) is 0 Å². The van der Waals surface area contributed by atoms with Gasteiger partial charge in [-0.3, -0.25) is 4.79 Å². The first kappa shape index (κ1) is 16.8. The third kappa shape index (κ3) is 5.28. The molecule has 2 rings (SSSR count). The van der Waals surface area contributed by atoms with Gasteiger partial charge < -0.3 is 9.80 Å². The summed E-state index contributed by atoms with van der Waals surface area (Å²) in [6.07, 6.45) is 7.09. The van der Waals surface area contributed by atoms with Crippen molar-refractivity contribution in [3.05, 3.63) is 0 Å². The molecule has 2 saturated heterocycles. The van der Waals surface area contributed by atoms with Gasteiger partial charge in [-0.05, 0) is 50.0 Å². The number of likely N-dealkylation sites (tertiary alicyclic amines) is 2. The van der Waals surface area contributed by atoms with Gasteiger partial charge >= 0.3 is 0 Å². The van der Waals surface area contributed by atoms with Crippen molar-refractivity contribution < 1.29 is 4.79 Å². The van der Waals surface area contributed by atoms with Gasteiger partial charge in [-0.1, -0.05) is 27.2 Å². The van der Waals surface area contributed by atoms with Crippen molar-refractivity contribution in [3.63, 3.8) is 0 Å². The molecule has 0 aliphatic carbocycles. The Kier molecular flexibility index (Phi) is 6.53. The van der Waals surface area contributed by atoms with E-state index in [1.165, 1.54) is 45.2 Å². The van der Waals surface area contributed by atoms with Crippen LogP contribution in [0.4, 0.5) is 0 Å². The number of rotatable bonds is 6. The highest BCUT2D eigenvalue weighted by atomic mass is 16.2. The van der Waals surface area contributed by atoms with Crippen LogP contribution in [-0.2, 0) is 4.79 Å². The van der Waals surface area contributed by atoms with Gasteiger partial charge in [-0.2, -0.15) is 0 Å². The molecular weight excluding hydrogens is 260 g/mol. The van der Waals surface area contributed by atoms with E-state index in [0.29, 0.717) is 5.91 Å². The van der Waals surface area contributed by atoms with Crippen molar-refractivity contribution in [1.29, 1.82) is 0 Å². The minimum absolute atomic E-state index is 0.386. The second-order valence-electron chi connectivity index (χ2n) is 7.57. The molecule has 0 aromatic rings. The van der Waals surface area contributed by atoms with Gasteiger partial charge in [0.25, 0.3) is 0 Å². The van der Waals surface area contributed by atoms with Crippen LogP contribution in [0.25, 0.3) is 0 Å². The zero-order chi connectivity index (χ0) is 15.2. The van der Waals surface area contributed by atoms with Crippen molar-refractivity contribution in [2.45, 2.75) is 59.3 Å². The van der Waals surface area contributed by atoms with Crippen molar-refractivity contribution in [3.8, 4) is 0 Å². The topological polar surface area (TPSA) is 23.6 Å². The third-order valence-corrected chi connectivity index (χ3v) is 5.36. The first-order chi connectivity index (χ1) is 10.1. The maximum Gasteiger partial charge on any atom is 0.223 e. The number of carbonyl (C=O) groups is 1. The number of hydrogen-bond acceptors (Lipinski definition) is 2. The molecule has 0 spiro atoms. The summed E-state index contributed by atoms with van der Waals surface area (Å²) < 4.78 is 0. The van der Waals surface area contributed by atoms with Gasteiger partial charge in [0.1, 0.15) is 0 Å². The summed E-state index contributed by atoms with van der Waals surface area (Å²) >= 11 is 0. The summed E-state index contributed by atoms with van der Waals surface area (Å²) in [5.74, 6) is 2.90. The molecule has 1 amide bonds. The fraction of sp³-hybridized carbons (Fsp3) is 0.944. The van der Waals surface area contributed by atoms with Gasteiger partial charge in [0.05, 0.1) is 0 Å². The standard InChI is InChI=1S/C18H34N2O/c1-4-16-6-11-20(12-7-16)18(21)8-10-19-9-5-17(14-19)13-15(2)3/h15-17H,4-14H2,1-3H3/t17-/m1/s1. The molecule has 21 heavy (non-hydrogen) atoms. The molecule has 3 heteroatoms. The summed E-state index contributed by atoms with van der Waals surface area (Å²) in [5.41, 5.74) is 0. The van der Waals surface area contributed by atoms with Crippen LogP contribution < -0.4 is 0 Å². The van der Waals surface area contributed by atoms with Crippen LogP contribution in [0.2, 0.25) is 0 Å². The van der Waals surface area contributed by atoms with E-state index < -0.39 is 0 Å². The van der Waals surface area contributed by atoms with Gasteiger partial charge in [0.2, 0.25) is 5.91 Å². The predicted octanol–water partition coefficient (Wildman–Crippen LogP) is 3.39. The average molecular weight is 294 g/mol. The summed E-state index contributed by atoms with van der Waals surface area (Å²) in [6, 6.07) is 0. The molecule has 0 aromatic carbocycles. The number of amides is 1. The van der Waals surface area contributed by atoms with Crippen molar-refractivity contribution in [2.75, 3.05) is 32.7 Å². The molecule has 2 aliphatic heterocycles. The summed E-state index contributed by atoms with van der Waals surface area (Å²) in [4.78, 5) is 16.9. The van der Waals surface area contributed by atoms with Crippen molar-refractivity contribution in [1.82, 2.24) is 9.80 Å². The van der Waals surface area contributed by atoms with Gasteiger partial charge in [-0.25, -0.2) is 0 Å². The summed E-state index contributed by atoms with van der Waals surface area (Å²) in [6.45, 7) is 12.3. The Morgan fingerprint density at radius 3 is 2.38 bits per heavy atom. The van der Waals surface area contributed by atoms with Crippen LogP contribution in [0, 0.1) is 17.8 Å². The van der Waals surface area contributed by atoms with E-state index in [2.05, 4.69) is 30.6 Å². The molecular formula is C18H34N2O. The molecule has 0 bridgehead atoms. The smallest absolute Gasteiger partial charge is 0.223 e. The first-order valence-electron chi connectivity index (χ1n) is 9.08. The number of hydrogen-bond donors (Lipinski definition) is 0. The monoisotopic (exact) mass is 294 g/mol. The second kappa shape index (κ2) is 8.17. The Morgan fingerprint density at radius 1 is 1.10 bits per heavy atom. The van der Waals surface area contributed by atoms with E-state index in [-0.39, 0.29) is 0 Å². The fourth-order valence-corrected chi connectivity index (χ4v) is 3.98. The second-order valence-corrected chi connectivity index (χ2v) is 7.57. The molecule has 0 saturated carbocycles. The zero-order valence-electron chi connectivity index (χ0n) is 14.3. The van der Waals surface area contributed by atoms with E-state index in [4.69, 9.17) is 0 Å². The normalized spacial score (nSPS) is 25.0. The molecule has 2 heterocycles. The lowest BCUT2D eigenvalue weighted by atomic mass is 9.94. The Balaban J connectivity index is 1.63. The van der Waals surface area contributed by atoms with Gasteiger partial charge in [-0.15, -0.1) is 0 Å². The van der Waals surface area contributed by atoms with E-state index in [1.807, 2.05) is 0 Å². The van der Waals surface area contributed by atoms with Crippen molar-refractivity contribution >= 4 is 5.91 Å². The van der Waals surface area contributed by atoms with E-state index in [9.17, 15) is 4.79 Å². The van der Waals surface area contributed by atoms with Crippen LogP contribution in [0.15, 0.2) is 0 Å². The molecule has 0 aromatic heterocycles. The first-order valence-corrected chi connectivity index (χ1v) is 9.08. The molecule has 122 valence electrons. The minimum Gasteiger partial charge on any atom is -0.343 e. The van der Waals surface area contributed by atoms with Crippen molar-refractivity contribution in [2.24, 2.45) is 17.8 Å². The Labute approximate surface area is 131 Å². The molecule has 2 aliphatic rings. The Morgan fingerprint density at radius 2 is 1.76 bits per heavy atom. The highest BCUT2D eigenvalue weighted by Crippen LogP contribution is 2.24. The SMILES string of the molecule is CCC1CCN(C(=O)CCN2CC[C@H](CC(C)C)C2)CC1. The van der Waals surface area contributed by atoms with E-state index in [0.717, 1.165) is 43.8 Å². The highest BCUT2D eigenvalue weighted by molar-refractivity contribution is 5.76. The maximum atomic E-state index is 12.3. The molecule has 1 atom stereocenters. The molecule has 3 nitrogen and oxygen atoms in total. The fourth-order valence-electron chi connectivity index (χ4n) is 3.98. The minimum atomic E-state index is 0.386. The van der Waals surface area contributed by atoms with E-state index >= 15 is 0 Å². The average Bonchev–Trinajstić information content (AvgIpc) is 2.91. The number of piperidine rings is 1. The zero-order valence-corrected chi connectivity index (χ0v) is 14.3. The molecule has 2 fully saturated rings. The van der Waals surface area contributed by atoms with Gasteiger partial charge in [0, 0.05) is 32.6 Å². The largest absolute Gasteiger partial charge is 0.343 e. The summed E-state index contributed by atoms with van der Waals surface area (Å²) in [5, 5.41) is 0. The Hall–Kier alpha value is -0.570. The molecule has 0 radical (unpaired) electrons. The van der Waals surface area contributed by atoms with Crippen LogP contribution in [0.3, 0.4) is 0 Å². The van der Waals surface area contributed by atoms with Crippen LogP contribution in [0.1, 0.15) is 59.3 Å². The summed E-state index contributed by atoms with van der Waals surface area (Å²) in [7, 11) is 0. The Bertz CT molecular complexity index is 321. The molecule has 0 unspecified atom stereocenters. The lowest BCUT2D eigenvalue weighted by Gasteiger charge is -2.32. The maximum absolute atomic E-state index is 12.3. The van der Waals surface area contributed by atoms with Gasteiger partial charge in [0.15, 0.2) is 0 Å². The number of nitrogens with zero attached hydrogens (tertiary/aromatic N) is 2. The van der Waals surface area contributed by atoms with Crippen LogP contribution >= 0.6 is 0 Å². The van der Waals surface area contributed by atoms with Crippen LogP contribution in [-0.4, -0.2) is 48.4 Å².